The van der Waals surface area contributed by atoms with Gasteiger partial charge in [-0.2, -0.15) is 0 Å². The molecule has 2 aliphatic rings. The number of hydrogen-bond donors (Lipinski definition) is 1. The molecular formula is C20H24BrClN6O2. The molecule has 2 saturated heterocycles. The minimum absolute atomic E-state index is 0.0160. The SMILES string of the molecule is Cc1c(C(=O)NC2CC3CN(C(C)C)CCN3C2=O)nnn1-c1ccc(Br)cc1Cl. The average molecular weight is 496 g/mol. The van der Waals surface area contributed by atoms with Gasteiger partial charge in [0.2, 0.25) is 5.91 Å². The second kappa shape index (κ2) is 8.28. The van der Waals surface area contributed by atoms with Crippen molar-refractivity contribution in [3.8, 4) is 5.69 Å². The minimum atomic E-state index is -0.532. The van der Waals surface area contributed by atoms with Crippen LogP contribution < -0.4 is 5.32 Å². The maximum absolute atomic E-state index is 12.9. The van der Waals surface area contributed by atoms with Gasteiger partial charge in [0.1, 0.15) is 6.04 Å². The van der Waals surface area contributed by atoms with E-state index in [2.05, 4.69) is 50.3 Å². The Balaban J connectivity index is 1.49. The Kier molecular flexibility index (Phi) is 5.87. The van der Waals surface area contributed by atoms with Gasteiger partial charge in [0.05, 0.1) is 16.4 Å². The maximum atomic E-state index is 12.9. The molecule has 0 saturated carbocycles. The molecule has 2 aromatic rings. The fourth-order valence-electron chi connectivity index (χ4n) is 4.18. The van der Waals surface area contributed by atoms with Gasteiger partial charge in [-0.3, -0.25) is 14.5 Å². The molecule has 2 fully saturated rings. The molecule has 3 heterocycles. The van der Waals surface area contributed by atoms with Crippen LogP contribution in [0.4, 0.5) is 0 Å². The number of halogens is 2. The van der Waals surface area contributed by atoms with Gasteiger partial charge in [0.15, 0.2) is 5.69 Å². The number of carbonyl (C=O) groups is 2. The number of nitrogens with zero attached hydrogens (tertiary/aromatic N) is 5. The van der Waals surface area contributed by atoms with Gasteiger partial charge in [-0.15, -0.1) is 5.10 Å². The lowest BCUT2D eigenvalue weighted by Crippen LogP contribution is -2.53. The normalized spacial score (nSPS) is 21.9. The Labute approximate surface area is 188 Å². The zero-order valence-electron chi connectivity index (χ0n) is 17.1. The van der Waals surface area contributed by atoms with Gasteiger partial charge in [0.25, 0.3) is 5.91 Å². The van der Waals surface area contributed by atoms with Crippen LogP contribution in [-0.4, -0.2) is 74.4 Å². The topological polar surface area (TPSA) is 83.4 Å². The van der Waals surface area contributed by atoms with Crippen molar-refractivity contribution in [2.75, 3.05) is 19.6 Å². The average Bonchev–Trinajstić information content (AvgIpc) is 3.22. The van der Waals surface area contributed by atoms with Crippen LogP contribution in [0.15, 0.2) is 22.7 Å². The molecule has 8 nitrogen and oxygen atoms in total. The highest BCUT2D eigenvalue weighted by atomic mass is 79.9. The number of carbonyl (C=O) groups excluding carboxylic acids is 2. The predicted molar refractivity (Wildman–Crippen MR) is 117 cm³/mol. The molecule has 0 bridgehead atoms. The van der Waals surface area contributed by atoms with E-state index in [0.717, 1.165) is 17.6 Å². The number of piperazine rings is 1. The van der Waals surface area contributed by atoms with E-state index in [4.69, 9.17) is 11.6 Å². The molecule has 2 aliphatic heterocycles. The summed E-state index contributed by atoms with van der Waals surface area (Å²) in [6.07, 6.45) is 0.611. The first-order valence-electron chi connectivity index (χ1n) is 9.99. The molecule has 1 aromatic carbocycles. The molecule has 10 heteroatoms. The molecule has 0 spiro atoms. The molecule has 4 rings (SSSR count). The highest BCUT2D eigenvalue weighted by molar-refractivity contribution is 9.10. The van der Waals surface area contributed by atoms with E-state index in [0.29, 0.717) is 35.4 Å². The molecule has 30 heavy (non-hydrogen) atoms. The Morgan fingerprint density at radius 3 is 2.80 bits per heavy atom. The Hall–Kier alpha value is -1.97. The summed E-state index contributed by atoms with van der Waals surface area (Å²) < 4.78 is 2.38. The van der Waals surface area contributed by atoms with Crippen molar-refractivity contribution < 1.29 is 9.59 Å². The lowest BCUT2D eigenvalue weighted by molar-refractivity contribution is -0.132. The van der Waals surface area contributed by atoms with Gasteiger partial charge in [-0.1, -0.05) is 32.7 Å². The number of rotatable bonds is 4. The van der Waals surface area contributed by atoms with Gasteiger partial charge in [-0.05, 0) is 45.4 Å². The fraction of sp³-hybridized carbons (Fsp3) is 0.500. The van der Waals surface area contributed by atoms with Crippen molar-refractivity contribution in [2.24, 2.45) is 0 Å². The van der Waals surface area contributed by atoms with Crippen LogP contribution in [0.1, 0.15) is 36.5 Å². The van der Waals surface area contributed by atoms with Crippen LogP contribution >= 0.6 is 27.5 Å². The minimum Gasteiger partial charge on any atom is -0.339 e. The molecule has 2 atom stereocenters. The van der Waals surface area contributed by atoms with Crippen molar-refractivity contribution in [3.63, 3.8) is 0 Å². The van der Waals surface area contributed by atoms with Crippen LogP contribution in [0.3, 0.4) is 0 Å². The molecular weight excluding hydrogens is 472 g/mol. The van der Waals surface area contributed by atoms with Gasteiger partial charge >= 0.3 is 0 Å². The standard InChI is InChI=1S/C20H24BrClN6O2/c1-11(2)26-6-7-27-14(10-26)9-16(20(27)30)23-19(29)18-12(3)28(25-24-18)17-5-4-13(21)8-15(17)22/h4-5,8,11,14,16H,6-7,9-10H2,1-3H3,(H,23,29). The Morgan fingerprint density at radius 2 is 2.10 bits per heavy atom. The van der Waals surface area contributed by atoms with E-state index in [1.165, 1.54) is 4.68 Å². The molecule has 160 valence electrons. The van der Waals surface area contributed by atoms with Gasteiger partial charge in [-0.25, -0.2) is 4.68 Å². The molecule has 0 radical (unpaired) electrons. The van der Waals surface area contributed by atoms with Crippen molar-refractivity contribution in [2.45, 2.75) is 45.3 Å². The lowest BCUT2D eigenvalue weighted by atomic mass is 10.1. The second-order valence-corrected chi connectivity index (χ2v) is 9.39. The van der Waals surface area contributed by atoms with E-state index in [1.54, 1.807) is 19.1 Å². The summed E-state index contributed by atoms with van der Waals surface area (Å²) in [5, 5.41) is 11.5. The zero-order valence-corrected chi connectivity index (χ0v) is 19.4. The first-order valence-corrected chi connectivity index (χ1v) is 11.2. The second-order valence-electron chi connectivity index (χ2n) is 8.07. The van der Waals surface area contributed by atoms with Crippen LogP contribution in [0.5, 0.6) is 0 Å². The third-order valence-electron chi connectivity index (χ3n) is 5.89. The number of hydrogen-bond acceptors (Lipinski definition) is 5. The number of fused-ring (bicyclic) bond motifs is 1. The van der Waals surface area contributed by atoms with Crippen molar-refractivity contribution >= 4 is 39.3 Å². The van der Waals surface area contributed by atoms with E-state index < -0.39 is 11.9 Å². The zero-order chi connectivity index (χ0) is 21.6. The van der Waals surface area contributed by atoms with Gasteiger partial charge < -0.3 is 10.2 Å². The quantitative estimate of drug-likeness (QED) is 0.704. The number of aromatic nitrogens is 3. The highest BCUT2D eigenvalue weighted by Crippen LogP contribution is 2.27. The number of nitrogens with one attached hydrogen (secondary N) is 1. The van der Waals surface area contributed by atoms with Crippen LogP contribution in [-0.2, 0) is 4.79 Å². The Morgan fingerprint density at radius 1 is 1.33 bits per heavy atom. The largest absolute Gasteiger partial charge is 0.339 e. The van der Waals surface area contributed by atoms with Gasteiger partial charge in [0, 0.05) is 36.2 Å². The third kappa shape index (κ3) is 3.86. The van der Waals surface area contributed by atoms with E-state index >= 15 is 0 Å². The predicted octanol–water partition coefficient (Wildman–Crippen LogP) is 2.41. The molecule has 2 amide bonds. The van der Waals surface area contributed by atoms with Crippen LogP contribution in [0.25, 0.3) is 5.69 Å². The summed E-state index contributed by atoms with van der Waals surface area (Å²) in [5.41, 5.74) is 1.38. The maximum Gasteiger partial charge on any atom is 0.274 e. The summed E-state index contributed by atoms with van der Waals surface area (Å²) >= 11 is 9.69. The third-order valence-corrected chi connectivity index (χ3v) is 6.68. The summed E-state index contributed by atoms with van der Waals surface area (Å²) in [4.78, 5) is 30.0. The molecule has 1 N–H and O–H groups in total. The summed E-state index contributed by atoms with van der Waals surface area (Å²) in [6.45, 7) is 8.48. The smallest absolute Gasteiger partial charge is 0.274 e. The molecule has 2 unspecified atom stereocenters. The van der Waals surface area contributed by atoms with Crippen LogP contribution in [0, 0.1) is 6.92 Å². The first kappa shape index (κ1) is 21.3. The lowest BCUT2D eigenvalue weighted by Gasteiger charge is -2.39. The summed E-state index contributed by atoms with van der Waals surface area (Å²) in [5.74, 6) is -0.413. The first-order chi connectivity index (χ1) is 14.3. The number of amides is 2. The van der Waals surface area contributed by atoms with E-state index in [9.17, 15) is 9.59 Å². The summed E-state index contributed by atoms with van der Waals surface area (Å²) in [6, 6.07) is 5.45. The summed E-state index contributed by atoms with van der Waals surface area (Å²) in [7, 11) is 0. The Bertz CT molecular complexity index is 994. The highest BCUT2D eigenvalue weighted by Gasteiger charge is 2.43. The molecule has 1 aromatic heterocycles. The van der Waals surface area contributed by atoms with E-state index in [1.807, 2.05) is 11.0 Å². The van der Waals surface area contributed by atoms with Crippen molar-refractivity contribution in [3.05, 3.63) is 39.1 Å². The van der Waals surface area contributed by atoms with Crippen molar-refractivity contribution in [1.29, 1.82) is 0 Å². The van der Waals surface area contributed by atoms with E-state index in [-0.39, 0.29) is 17.6 Å². The van der Waals surface area contributed by atoms with Crippen LogP contribution in [0.2, 0.25) is 5.02 Å². The fourth-order valence-corrected chi connectivity index (χ4v) is 4.93. The molecule has 0 aliphatic carbocycles. The van der Waals surface area contributed by atoms with Crippen molar-refractivity contribution in [1.82, 2.24) is 30.1 Å². The monoisotopic (exact) mass is 494 g/mol. The number of benzene rings is 1.